The van der Waals surface area contributed by atoms with E-state index in [1.54, 1.807) is 120 Å². The Morgan fingerprint density at radius 2 is 0.725 bits per heavy atom. The minimum absolute atomic E-state index is 0.0204. The van der Waals surface area contributed by atoms with Crippen molar-refractivity contribution in [3.8, 4) is 0 Å². The van der Waals surface area contributed by atoms with Gasteiger partial charge in [0.05, 0.1) is 30.8 Å². The van der Waals surface area contributed by atoms with Crippen molar-refractivity contribution in [2.75, 3.05) is 32.5 Å². The second kappa shape index (κ2) is 62.6. The highest BCUT2D eigenvalue weighted by Gasteiger charge is 2.46. The normalized spacial score (nSPS) is 17.4. The number of carbonyl (C=O) groups excluding carboxylic acids is 18. The van der Waals surface area contributed by atoms with E-state index in [0.717, 1.165) is 6.92 Å². The molecule has 0 unspecified atom stereocenters. The topological polar surface area (TPSA) is 662 Å². The summed E-state index contributed by atoms with van der Waals surface area (Å²) in [5.41, 5.74) is 0.409. The number of nitrogens with one attached hydrogen (secondary N) is 18. The average molecular weight is 2120 g/mol. The maximum absolute atomic E-state index is 15.1. The van der Waals surface area contributed by atoms with Crippen molar-refractivity contribution in [2.45, 2.75) is 383 Å². The number of hydrogen-bond donors (Lipinski definition) is 23. The van der Waals surface area contributed by atoms with Crippen LogP contribution in [0.5, 0.6) is 0 Å². The van der Waals surface area contributed by atoms with Gasteiger partial charge in [0.2, 0.25) is 106 Å². The first kappa shape index (κ1) is 129. The number of benzene rings is 1. The number of rotatable bonds is 63. The number of hydrogen-bond acceptors (Lipinski definition) is 25. The number of aromatic amines is 1. The number of carboxylic acids is 2. The number of H-pyrrole nitrogens is 1. The molecule has 46 heteroatoms. The van der Waals surface area contributed by atoms with Crippen LogP contribution in [0.15, 0.2) is 42.9 Å². The van der Waals surface area contributed by atoms with Gasteiger partial charge in [-0.1, -0.05) is 176 Å². The van der Waals surface area contributed by atoms with Gasteiger partial charge >= 0.3 is 11.9 Å². The Morgan fingerprint density at radius 3 is 1.11 bits per heavy atom. The number of likely N-dealkylation sites (N-methyl/N-ethyl adjacent to an activating group) is 1. The molecule has 2 aliphatic heterocycles. The fraction of sp³-hybridized carbons (Fsp3) is 0.718. The van der Waals surface area contributed by atoms with Gasteiger partial charge in [-0.2, -0.15) is 12.6 Å². The number of aliphatic hydroxyl groups excluding tert-OH is 2. The van der Waals surface area contributed by atoms with Crippen LogP contribution in [0, 0.1) is 58.7 Å². The van der Waals surface area contributed by atoms with Crippen LogP contribution in [0.25, 0.3) is 0 Å². The number of aliphatic hydroxyl groups is 2. The molecular formula is C103H171N21O24S. The van der Waals surface area contributed by atoms with Crippen LogP contribution in [0.2, 0.25) is 0 Å². The first-order valence-electron chi connectivity index (χ1n) is 52.1. The zero-order chi connectivity index (χ0) is 113. The monoisotopic (exact) mass is 2120 g/mol. The average Bonchev–Trinajstić information content (AvgIpc) is 1.65. The van der Waals surface area contributed by atoms with Crippen LogP contribution in [0.4, 0.5) is 0 Å². The maximum atomic E-state index is 15.1. The Kier molecular flexibility index (Phi) is 54.4. The molecule has 20 atom stereocenters. The predicted molar refractivity (Wildman–Crippen MR) is 558 cm³/mol. The molecule has 838 valence electrons. The van der Waals surface area contributed by atoms with E-state index in [1.807, 2.05) is 62.3 Å². The van der Waals surface area contributed by atoms with Gasteiger partial charge in [-0.3, -0.25) is 91.1 Å². The molecule has 45 nitrogen and oxygen atoms in total. The third-order valence-corrected chi connectivity index (χ3v) is 25.6. The summed E-state index contributed by atoms with van der Waals surface area (Å²) in [6.45, 7) is 38.7. The standard InChI is InChI=1S/C103H171N21O24S/c1-52(2)38-66(110-87(132)67(39-53(3)4)114-93(138)76(49-125)119-98(143)82(62(20)126)122-97(142)81(60(17)18)121-92(137)71(43-57(11)12)113-88(133)70(42-56(9)10)115-99(144)83(104-24)103(21,22)23)86(131)111-69(41-55(7)8)90(135)120-77(50-149)94(139)108-65(34-35-80(127)128)85(130)116-73(44-58(13)14)100(145)124-37-29-33-79(124)96(141)117-74(47-64-48-105-51-106-64)101(146)123-36-28-32-78(123)95(140)107-61(19)84(129)109-72(46-63-30-26-25-27-31-63)91(136)112-68(40-54(5)6)89(134)118-75(102(147)148)45-59(15)16/h25-27,30-31,48,51-62,65-79,81-83,104,125-126,149H,28-29,32-47,49-50H2,1-24H3,(H,105,106)(H,107,140)(H,108,139)(H,109,129)(H,110,132)(H,111,131)(H,112,136)(H,113,133)(H,114,138)(H,115,144)(H,116,130)(H,117,141)(H,118,134)(H,119,143)(H,120,135)(H,121,137)(H,122,142)(H,127,128)(H,147,148)/t61-,62+,65-,66-,67-,68-,69-,70-,71-,72-,73-,74-,75-,76-,77-,78-,79-,81-,82-,83+/m0/s1. The number of imidazole rings is 1. The molecule has 2 aliphatic rings. The molecule has 2 aromatic rings. The van der Waals surface area contributed by atoms with Crippen LogP contribution in [-0.2, 0) is 109 Å². The highest BCUT2D eigenvalue weighted by molar-refractivity contribution is 7.80. The number of aliphatic carboxylic acids is 2. The van der Waals surface area contributed by atoms with E-state index < -0.39 is 276 Å². The van der Waals surface area contributed by atoms with Crippen molar-refractivity contribution in [1.29, 1.82) is 0 Å². The first-order valence-corrected chi connectivity index (χ1v) is 52.8. The van der Waals surface area contributed by atoms with Gasteiger partial charge in [-0.15, -0.1) is 0 Å². The lowest BCUT2D eigenvalue weighted by Crippen LogP contribution is -2.63. The minimum atomic E-state index is -1.85. The molecule has 2 saturated heterocycles. The lowest BCUT2D eigenvalue weighted by molar-refractivity contribution is -0.145. The second-order valence-electron chi connectivity index (χ2n) is 44.1. The van der Waals surface area contributed by atoms with Gasteiger partial charge in [0.15, 0.2) is 0 Å². The summed E-state index contributed by atoms with van der Waals surface area (Å²) < 4.78 is 0. The lowest BCUT2D eigenvalue weighted by Gasteiger charge is -2.32. The number of thiol groups is 1. The van der Waals surface area contributed by atoms with Crippen molar-refractivity contribution in [1.82, 2.24) is 110 Å². The number of aromatic nitrogens is 2. The quantitative estimate of drug-likeness (QED) is 0.0408. The van der Waals surface area contributed by atoms with Crippen molar-refractivity contribution in [2.24, 2.45) is 58.7 Å². The Balaban J connectivity index is 1.52. The number of carbonyl (C=O) groups is 20. The van der Waals surface area contributed by atoms with Crippen molar-refractivity contribution in [3.63, 3.8) is 0 Å². The summed E-state index contributed by atoms with van der Waals surface area (Å²) in [5.74, 6) is -20.9. The summed E-state index contributed by atoms with van der Waals surface area (Å²) in [6.07, 6.45) is 0.640. The van der Waals surface area contributed by atoms with Crippen LogP contribution in [-0.4, -0.2) is 312 Å². The smallest absolute Gasteiger partial charge is 0.326 e. The zero-order valence-corrected chi connectivity index (χ0v) is 92.1. The third kappa shape index (κ3) is 43.9. The molecule has 4 rings (SSSR count). The summed E-state index contributed by atoms with van der Waals surface area (Å²) >= 11 is 4.37. The molecule has 0 spiro atoms. The van der Waals surface area contributed by atoms with Crippen LogP contribution in [0.1, 0.15) is 260 Å². The Labute approximate surface area is 881 Å². The number of likely N-dealkylation sites (tertiary alicyclic amines) is 2. The van der Waals surface area contributed by atoms with Crippen molar-refractivity contribution in [3.05, 3.63) is 54.1 Å². The highest BCUT2D eigenvalue weighted by atomic mass is 32.1. The molecule has 0 bridgehead atoms. The second-order valence-corrected chi connectivity index (χ2v) is 44.4. The van der Waals surface area contributed by atoms with Gasteiger partial charge in [-0.05, 0) is 169 Å². The maximum Gasteiger partial charge on any atom is 0.326 e. The van der Waals surface area contributed by atoms with Crippen molar-refractivity contribution < 1.29 is 116 Å². The van der Waals surface area contributed by atoms with Crippen molar-refractivity contribution >= 4 is 131 Å². The molecule has 3 heterocycles. The minimum Gasteiger partial charge on any atom is -0.481 e. The first-order chi connectivity index (χ1) is 69.6. The fourth-order valence-corrected chi connectivity index (χ4v) is 18.0. The van der Waals surface area contributed by atoms with E-state index in [0.29, 0.717) is 17.7 Å². The van der Waals surface area contributed by atoms with Gasteiger partial charge in [0, 0.05) is 44.3 Å². The molecule has 18 amide bonds. The SMILES string of the molecule is CN[C@H](C(=O)N[C@@H](CC(C)C)C(=O)N[C@@H](CC(C)C)C(=O)N[C@H](C(=O)N[C@H](C(=O)N[C@@H](CO)C(=O)N[C@@H](CC(C)C)C(=O)N[C@@H](CC(C)C)C(=O)N[C@@H](CC(C)C)C(=O)N[C@@H](CS)C(=O)N[C@@H](CCC(=O)O)C(=O)N[C@@H](CC(C)C)C(=O)N1CCC[C@H]1C(=O)N[C@@H](Cc1c[nH]cn1)C(=O)N1CCC[C@H]1C(=O)N[C@@H](C)C(=O)N[C@@H](Cc1ccccc1)C(=O)N[C@@H](CC(C)C)C(=O)N[C@@H](CC(C)C)C(=O)O)[C@@H](C)O)C(C)C)C(C)(C)C. The van der Waals surface area contributed by atoms with E-state index in [9.17, 15) is 107 Å². The molecule has 22 N–H and O–H groups in total. The fourth-order valence-electron chi connectivity index (χ4n) is 17.7. The van der Waals surface area contributed by atoms with Gasteiger partial charge < -0.3 is 126 Å². The van der Waals surface area contributed by atoms with Crippen LogP contribution in [0.3, 0.4) is 0 Å². The molecule has 0 saturated carbocycles. The van der Waals surface area contributed by atoms with E-state index in [1.165, 1.54) is 29.2 Å². The van der Waals surface area contributed by atoms with Crippen LogP contribution < -0.4 is 90.4 Å². The van der Waals surface area contributed by atoms with E-state index >= 15 is 9.59 Å². The molecule has 2 fully saturated rings. The highest BCUT2D eigenvalue weighted by Crippen LogP contribution is 2.27. The number of nitrogens with zero attached hydrogens (tertiary/aromatic N) is 3. The van der Waals surface area contributed by atoms with Gasteiger partial charge in [-0.25, -0.2) is 9.78 Å². The molecule has 0 aliphatic carbocycles. The molecule has 1 aromatic carbocycles. The summed E-state index contributed by atoms with van der Waals surface area (Å²) in [6, 6.07) is -17.5. The number of carboxylic acid groups (broad SMARTS) is 2. The molecule has 149 heavy (non-hydrogen) atoms. The van der Waals surface area contributed by atoms with E-state index in [2.05, 4.69) is 113 Å². The molecule has 1 aromatic heterocycles. The Bertz CT molecular complexity index is 4780. The van der Waals surface area contributed by atoms with E-state index in [4.69, 9.17) is 0 Å². The third-order valence-electron chi connectivity index (χ3n) is 25.2. The zero-order valence-electron chi connectivity index (χ0n) is 91.2. The summed E-state index contributed by atoms with van der Waals surface area (Å²) in [7, 11) is 1.63. The van der Waals surface area contributed by atoms with Gasteiger partial charge in [0.1, 0.15) is 109 Å². The van der Waals surface area contributed by atoms with Crippen LogP contribution >= 0.6 is 12.6 Å². The van der Waals surface area contributed by atoms with E-state index in [-0.39, 0.29) is 144 Å². The molecule has 0 radical (unpaired) electrons. The lowest BCUT2D eigenvalue weighted by atomic mass is 9.86. The summed E-state index contributed by atoms with van der Waals surface area (Å²) in [4.78, 5) is 294. The predicted octanol–water partition coefficient (Wildman–Crippen LogP) is 0.865. The molecular weight excluding hydrogens is 1950 g/mol. The largest absolute Gasteiger partial charge is 0.481 e. The Morgan fingerprint density at radius 1 is 0.389 bits per heavy atom. The Hall–Kier alpha value is -11.9. The number of amides is 18. The summed E-state index contributed by atoms with van der Waals surface area (Å²) in [5, 5.41) is 86.8. The van der Waals surface area contributed by atoms with Gasteiger partial charge in [0.25, 0.3) is 0 Å².